The van der Waals surface area contributed by atoms with Gasteiger partial charge in [-0.25, -0.2) is 24.2 Å². The van der Waals surface area contributed by atoms with Crippen LogP contribution >= 0.6 is 0 Å². The van der Waals surface area contributed by atoms with Crippen molar-refractivity contribution in [1.82, 2.24) is 44.4 Å². The molecule has 9 heteroatoms. The smallest absolute Gasteiger partial charge is 0.137 e. The molecule has 0 aliphatic heterocycles. The molecule has 0 spiro atoms. The molecule has 0 saturated carbocycles. The zero-order valence-electron chi connectivity index (χ0n) is 18.0. The Labute approximate surface area is 191 Å². The molecule has 0 amide bonds. The minimum absolute atomic E-state index is 0.444. The van der Waals surface area contributed by atoms with Gasteiger partial charge in [-0.3, -0.25) is 9.97 Å². The first-order chi connectivity index (χ1) is 16.3. The van der Waals surface area contributed by atoms with Crippen LogP contribution in [-0.4, -0.2) is 44.4 Å². The lowest BCUT2D eigenvalue weighted by atomic mass is 9.82. The van der Waals surface area contributed by atoms with Crippen LogP contribution in [0.3, 0.4) is 0 Å². The number of hydrogen-bond acceptors (Lipinski definition) is 7. The fourth-order valence-electron chi connectivity index (χ4n) is 4.10. The van der Waals surface area contributed by atoms with Crippen molar-refractivity contribution in [2.45, 2.75) is 25.3 Å². The summed E-state index contributed by atoms with van der Waals surface area (Å²) in [6.45, 7) is 0.889. The molecule has 0 fully saturated rings. The van der Waals surface area contributed by atoms with Crippen molar-refractivity contribution >= 4 is 0 Å². The molecule has 33 heavy (non-hydrogen) atoms. The largest absolute Gasteiger partial charge is 0.259 e. The van der Waals surface area contributed by atoms with E-state index in [-0.39, 0.29) is 0 Å². The minimum atomic E-state index is -0.720. The Balaban J connectivity index is 1.73. The van der Waals surface area contributed by atoms with E-state index in [1.807, 2.05) is 54.9 Å². The van der Waals surface area contributed by atoms with Crippen molar-refractivity contribution < 1.29 is 0 Å². The highest BCUT2D eigenvalue weighted by atomic mass is 15.5. The lowest BCUT2D eigenvalue weighted by Gasteiger charge is -2.43. The van der Waals surface area contributed by atoms with Crippen LogP contribution in [0, 0.1) is 0 Å². The van der Waals surface area contributed by atoms with E-state index in [0.29, 0.717) is 19.8 Å². The highest BCUT2D eigenvalue weighted by molar-refractivity contribution is 5.34. The summed E-state index contributed by atoms with van der Waals surface area (Å²) in [5.41, 5.74) is 2.21. The summed E-state index contributed by atoms with van der Waals surface area (Å²) in [5.74, 6) is 0. The second kappa shape index (κ2) is 9.49. The summed E-state index contributed by atoms with van der Waals surface area (Å²) in [4.78, 5) is 20.2. The van der Waals surface area contributed by atoms with Crippen molar-refractivity contribution in [2.75, 3.05) is 0 Å². The Bertz CT molecular complexity index is 1150. The van der Waals surface area contributed by atoms with Gasteiger partial charge in [0.1, 0.15) is 30.8 Å². The van der Waals surface area contributed by atoms with Gasteiger partial charge in [0.2, 0.25) is 0 Å². The van der Waals surface area contributed by atoms with E-state index in [1.54, 1.807) is 22.0 Å². The maximum Gasteiger partial charge on any atom is 0.137 e. The molecule has 0 N–H and O–H groups in total. The third kappa shape index (κ3) is 4.39. The van der Waals surface area contributed by atoms with E-state index < -0.39 is 5.54 Å². The summed E-state index contributed by atoms with van der Waals surface area (Å²) in [6.07, 6.45) is 10.8. The zero-order valence-corrected chi connectivity index (χ0v) is 18.0. The van der Waals surface area contributed by atoms with Gasteiger partial charge in [0.05, 0.1) is 24.7 Å². The molecule has 0 radical (unpaired) electrons. The summed E-state index contributed by atoms with van der Waals surface area (Å²) in [5, 5.41) is 8.74. The Morgan fingerprint density at radius 2 is 1.21 bits per heavy atom. The van der Waals surface area contributed by atoms with Gasteiger partial charge >= 0.3 is 0 Å². The average molecular weight is 438 g/mol. The predicted molar refractivity (Wildman–Crippen MR) is 121 cm³/mol. The maximum absolute atomic E-state index is 4.83. The van der Waals surface area contributed by atoms with E-state index in [9.17, 15) is 0 Å². The number of nitrogens with zero attached hydrogens (tertiary/aromatic N) is 9. The third-order valence-electron chi connectivity index (χ3n) is 5.58. The Morgan fingerprint density at radius 3 is 1.67 bits per heavy atom. The Kier molecular flexibility index (Phi) is 5.94. The first-order valence-corrected chi connectivity index (χ1v) is 10.6. The van der Waals surface area contributed by atoms with Gasteiger partial charge in [0, 0.05) is 18.8 Å². The van der Waals surface area contributed by atoms with Gasteiger partial charge in [0.15, 0.2) is 0 Å². The predicted octanol–water partition coefficient (Wildman–Crippen LogP) is 2.76. The highest BCUT2D eigenvalue weighted by Gasteiger charge is 2.43. The third-order valence-corrected chi connectivity index (χ3v) is 5.58. The van der Waals surface area contributed by atoms with Crippen molar-refractivity contribution in [3.05, 3.63) is 121 Å². The summed E-state index contributed by atoms with van der Waals surface area (Å²) < 4.78 is 3.59. The monoisotopic (exact) mass is 437 g/mol. The molecule has 0 aliphatic carbocycles. The van der Waals surface area contributed by atoms with Gasteiger partial charge < -0.3 is 0 Å². The van der Waals surface area contributed by atoms with E-state index in [4.69, 9.17) is 9.97 Å². The lowest BCUT2D eigenvalue weighted by molar-refractivity contribution is 0.0332. The van der Waals surface area contributed by atoms with Crippen LogP contribution in [-0.2, 0) is 25.3 Å². The van der Waals surface area contributed by atoms with Crippen LogP contribution in [0.25, 0.3) is 0 Å². The number of benzene rings is 1. The van der Waals surface area contributed by atoms with Crippen LogP contribution in [0.1, 0.15) is 17.0 Å². The SMILES string of the molecule is c1ccc(CC(c2ccccn2)(c2ccccn2)N(Cn2cncn2)Cn2cncn2)cc1. The van der Waals surface area contributed by atoms with Crippen LogP contribution in [0.15, 0.2) is 104 Å². The van der Waals surface area contributed by atoms with Crippen molar-refractivity contribution in [1.29, 1.82) is 0 Å². The molecule has 0 bridgehead atoms. The minimum Gasteiger partial charge on any atom is -0.259 e. The van der Waals surface area contributed by atoms with Gasteiger partial charge in [-0.1, -0.05) is 42.5 Å². The first kappa shape index (κ1) is 20.7. The second-order valence-electron chi connectivity index (χ2n) is 7.65. The molecular weight excluding hydrogens is 414 g/mol. The van der Waals surface area contributed by atoms with Gasteiger partial charge in [-0.05, 0) is 29.8 Å². The normalized spacial score (nSPS) is 11.7. The van der Waals surface area contributed by atoms with E-state index in [1.165, 1.54) is 12.7 Å². The topological polar surface area (TPSA) is 90.4 Å². The first-order valence-electron chi connectivity index (χ1n) is 10.6. The average Bonchev–Trinajstić information content (AvgIpc) is 3.59. The van der Waals surface area contributed by atoms with E-state index in [2.05, 4.69) is 49.3 Å². The molecule has 5 rings (SSSR count). The van der Waals surface area contributed by atoms with Gasteiger partial charge in [0.25, 0.3) is 0 Å². The Morgan fingerprint density at radius 1 is 0.667 bits per heavy atom. The molecule has 5 aromatic rings. The van der Waals surface area contributed by atoms with Crippen molar-refractivity contribution in [3.63, 3.8) is 0 Å². The van der Waals surface area contributed by atoms with Crippen molar-refractivity contribution in [3.8, 4) is 0 Å². The van der Waals surface area contributed by atoms with Crippen molar-refractivity contribution in [2.24, 2.45) is 0 Å². The number of pyridine rings is 2. The highest BCUT2D eigenvalue weighted by Crippen LogP contribution is 2.38. The quantitative estimate of drug-likeness (QED) is 0.350. The fraction of sp³-hybridized carbons (Fsp3) is 0.167. The number of rotatable bonds is 9. The zero-order chi connectivity index (χ0) is 22.3. The molecule has 9 nitrogen and oxygen atoms in total. The molecule has 1 aromatic carbocycles. The Hall–Kier alpha value is -4.24. The molecule has 0 aliphatic rings. The molecule has 0 unspecified atom stereocenters. The van der Waals surface area contributed by atoms with E-state index >= 15 is 0 Å². The molecule has 164 valence electrons. The standard InChI is InChI=1S/C24H23N9/c1-2-8-21(9-3-1)14-24(22-10-4-6-12-27-22,23-11-5-7-13-28-23)31(19-32-17-25-15-29-32)20-33-18-26-16-30-33/h1-13,15-18H,14,19-20H2. The van der Waals surface area contributed by atoms with Crippen LogP contribution in [0.4, 0.5) is 0 Å². The van der Waals surface area contributed by atoms with Crippen LogP contribution in [0.5, 0.6) is 0 Å². The second-order valence-corrected chi connectivity index (χ2v) is 7.65. The summed E-state index contributed by atoms with van der Waals surface area (Å²) in [7, 11) is 0. The van der Waals surface area contributed by atoms with Crippen LogP contribution in [0.2, 0.25) is 0 Å². The molecular formula is C24H23N9. The van der Waals surface area contributed by atoms with Gasteiger partial charge in [-0.15, -0.1) is 0 Å². The van der Waals surface area contributed by atoms with Gasteiger partial charge in [-0.2, -0.15) is 10.2 Å². The fourth-order valence-corrected chi connectivity index (χ4v) is 4.10. The van der Waals surface area contributed by atoms with E-state index in [0.717, 1.165) is 17.0 Å². The molecule has 4 heterocycles. The molecule has 0 saturated heterocycles. The number of aromatic nitrogens is 8. The van der Waals surface area contributed by atoms with Crippen LogP contribution < -0.4 is 0 Å². The maximum atomic E-state index is 4.83. The molecule has 4 aromatic heterocycles. The summed E-state index contributed by atoms with van der Waals surface area (Å²) >= 11 is 0. The number of hydrogen-bond donors (Lipinski definition) is 0. The molecule has 0 atom stereocenters. The summed E-state index contributed by atoms with van der Waals surface area (Å²) in [6, 6.07) is 22.3. The lowest BCUT2D eigenvalue weighted by Crippen LogP contribution is -2.51.